The lowest BCUT2D eigenvalue weighted by Crippen LogP contribution is -2.38. The average molecular weight is 219 g/mol. The molecule has 84 valence electrons. The van der Waals surface area contributed by atoms with Gasteiger partial charge in [-0.2, -0.15) is 13.2 Å². The van der Waals surface area contributed by atoms with Crippen LogP contribution in [0.25, 0.3) is 0 Å². The minimum atomic E-state index is -4.25. The first-order valence-corrected chi connectivity index (χ1v) is 4.52. The largest absolute Gasteiger partial charge is 0.428 e. The van der Waals surface area contributed by atoms with Crippen LogP contribution in [0.15, 0.2) is 36.4 Å². The molecular weight excluding hydrogens is 207 g/mol. The van der Waals surface area contributed by atoms with E-state index in [0.29, 0.717) is 0 Å². The van der Waals surface area contributed by atoms with Gasteiger partial charge < -0.3 is 4.74 Å². The van der Waals surface area contributed by atoms with Crippen molar-refractivity contribution in [2.75, 3.05) is 13.2 Å². The molecule has 1 heterocycles. The average Bonchev–Trinajstić information content (AvgIpc) is 2.73. The molecule has 0 amide bonds. The van der Waals surface area contributed by atoms with E-state index in [0.717, 1.165) is 0 Å². The summed E-state index contributed by atoms with van der Waals surface area (Å²) in [6, 6.07) is 12.0. The SMILES string of the molecule is FC(F)(F)C1NCCO1.c1ccccc1. The van der Waals surface area contributed by atoms with Gasteiger partial charge in [0, 0.05) is 6.54 Å². The van der Waals surface area contributed by atoms with Crippen LogP contribution in [0.1, 0.15) is 0 Å². The summed E-state index contributed by atoms with van der Waals surface area (Å²) in [7, 11) is 0. The minimum Gasteiger partial charge on any atom is -0.353 e. The fraction of sp³-hybridized carbons (Fsp3) is 0.400. The zero-order valence-electron chi connectivity index (χ0n) is 8.00. The molecule has 1 unspecified atom stereocenters. The number of hydrogen-bond acceptors (Lipinski definition) is 2. The second-order valence-corrected chi connectivity index (χ2v) is 2.90. The van der Waals surface area contributed by atoms with Crippen molar-refractivity contribution in [2.24, 2.45) is 0 Å². The van der Waals surface area contributed by atoms with E-state index in [2.05, 4.69) is 10.1 Å². The topological polar surface area (TPSA) is 21.3 Å². The highest BCUT2D eigenvalue weighted by Crippen LogP contribution is 2.22. The maximum Gasteiger partial charge on any atom is 0.428 e. The quantitative estimate of drug-likeness (QED) is 0.722. The Morgan fingerprint density at radius 3 is 1.67 bits per heavy atom. The third-order valence-corrected chi connectivity index (χ3v) is 1.68. The molecule has 1 atom stereocenters. The summed E-state index contributed by atoms with van der Waals surface area (Å²) in [5.41, 5.74) is 0. The fourth-order valence-corrected chi connectivity index (χ4v) is 1.02. The summed E-state index contributed by atoms with van der Waals surface area (Å²) < 4.78 is 39.0. The van der Waals surface area contributed by atoms with Crippen LogP contribution < -0.4 is 5.32 Å². The molecule has 0 aromatic heterocycles. The number of hydrogen-bond donors (Lipinski definition) is 1. The zero-order chi connectivity index (χ0) is 11.1. The minimum absolute atomic E-state index is 0.143. The van der Waals surface area contributed by atoms with E-state index in [-0.39, 0.29) is 13.2 Å². The first-order valence-electron chi connectivity index (χ1n) is 4.52. The maximum absolute atomic E-state index is 11.6. The van der Waals surface area contributed by atoms with E-state index in [1.54, 1.807) is 0 Å². The Morgan fingerprint density at radius 1 is 1.00 bits per heavy atom. The van der Waals surface area contributed by atoms with Gasteiger partial charge in [0.2, 0.25) is 6.23 Å². The molecule has 2 nitrogen and oxygen atoms in total. The molecule has 1 aromatic rings. The Bertz CT molecular complexity index is 230. The van der Waals surface area contributed by atoms with Crippen LogP contribution in [0.3, 0.4) is 0 Å². The van der Waals surface area contributed by atoms with Gasteiger partial charge in [-0.1, -0.05) is 36.4 Å². The van der Waals surface area contributed by atoms with Gasteiger partial charge in [-0.15, -0.1) is 0 Å². The highest BCUT2D eigenvalue weighted by Gasteiger charge is 2.42. The summed E-state index contributed by atoms with van der Waals surface area (Å²) in [6.07, 6.45) is -5.99. The van der Waals surface area contributed by atoms with Gasteiger partial charge in [-0.05, 0) is 0 Å². The van der Waals surface area contributed by atoms with Gasteiger partial charge in [0.1, 0.15) is 0 Å². The van der Waals surface area contributed by atoms with Crippen molar-refractivity contribution in [1.82, 2.24) is 5.32 Å². The number of halogens is 3. The number of benzene rings is 1. The predicted molar refractivity (Wildman–Crippen MR) is 50.2 cm³/mol. The predicted octanol–water partition coefficient (Wildman–Crippen LogP) is 2.18. The highest BCUT2D eigenvalue weighted by molar-refractivity contribution is 4.99. The Kier molecular flexibility index (Phi) is 4.58. The highest BCUT2D eigenvalue weighted by atomic mass is 19.4. The van der Waals surface area contributed by atoms with E-state index in [9.17, 15) is 13.2 Å². The third-order valence-electron chi connectivity index (χ3n) is 1.68. The molecule has 1 aromatic carbocycles. The second kappa shape index (κ2) is 5.72. The van der Waals surface area contributed by atoms with Crippen LogP contribution in [0.4, 0.5) is 13.2 Å². The molecule has 1 N–H and O–H groups in total. The smallest absolute Gasteiger partial charge is 0.353 e. The number of nitrogens with one attached hydrogen (secondary N) is 1. The lowest BCUT2D eigenvalue weighted by atomic mass is 10.4. The lowest BCUT2D eigenvalue weighted by Gasteiger charge is -2.12. The van der Waals surface area contributed by atoms with E-state index in [4.69, 9.17) is 0 Å². The van der Waals surface area contributed by atoms with Crippen molar-refractivity contribution in [3.8, 4) is 0 Å². The molecule has 1 aliphatic rings. The molecule has 0 saturated carbocycles. The van der Waals surface area contributed by atoms with Crippen LogP contribution in [-0.4, -0.2) is 25.6 Å². The molecule has 15 heavy (non-hydrogen) atoms. The number of ether oxygens (including phenoxy) is 1. The van der Waals surface area contributed by atoms with Crippen molar-refractivity contribution in [1.29, 1.82) is 0 Å². The Labute approximate surface area is 86.1 Å². The lowest BCUT2D eigenvalue weighted by molar-refractivity contribution is -0.212. The van der Waals surface area contributed by atoms with Crippen LogP contribution >= 0.6 is 0 Å². The van der Waals surface area contributed by atoms with Crippen molar-refractivity contribution in [2.45, 2.75) is 12.4 Å². The Balaban J connectivity index is 0.000000162. The molecule has 0 bridgehead atoms. The van der Waals surface area contributed by atoms with Gasteiger partial charge in [0.05, 0.1) is 6.61 Å². The van der Waals surface area contributed by atoms with Gasteiger partial charge in [0.15, 0.2) is 0 Å². The summed E-state index contributed by atoms with van der Waals surface area (Å²) >= 11 is 0. The molecule has 5 heteroatoms. The first kappa shape index (κ1) is 12.0. The van der Waals surface area contributed by atoms with E-state index in [1.807, 2.05) is 36.4 Å². The zero-order valence-corrected chi connectivity index (χ0v) is 8.00. The van der Waals surface area contributed by atoms with E-state index < -0.39 is 12.4 Å². The van der Waals surface area contributed by atoms with E-state index >= 15 is 0 Å². The number of alkyl halides is 3. The molecular formula is C10H12F3NO. The molecule has 0 radical (unpaired) electrons. The second-order valence-electron chi connectivity index (χ2n) is 2.90. The summed E-state index contributed by atoms with van der Waals surface area (Å²) in [4.78, 5) is 0. The van der Waals surface area contributed by atoms with Crippen LogP contribution in [0.2, 0.25) is 0 Å². The molecule has 1 fully saturated rings. The van der Waals surface area contributed by atoms with Gasteiger partial charge in [-0.25, -0.2) is 0 Å². The fourth-order valence-electron chi connectivity index (χ4n) is 1.02. The molecule has 1 saturated heterocycles. The third kappa shape index (κ3) is 4.80. The van der Waals surface area contributed by atoms with Crippen molar-refractivity contribution in [3.05, 3.63) is 36.4 Å². The summed E-state index contributed by atoms with van der Waals surface area (Å²) in [5, 5.41) is 2.15. The van der Waals surface area contributed by atoms with Crippen LogP contribution in [-0.2, 0) is 4.74 Å². The van der Waals surface area contributed by atoms with Crippen molar-refractivity contribution >= 4 is 0 Å². The first-order chi connectivity index (χ1) is 7.11. The van der Waals surface area contributed by atoms with Crippen molar-refractivity contribution < 1.29 is 17.9 Å². The summed E-state index contributed by atoms with van der Waals surface area (Å²) in [6.45, 7) is 0.425. The van der Waals surface area contributed by atoms with E-state index in [1.165, 1.54) is 0 Å². The van der Waals surface area contributed by atoms with Crippen molar-refractivity contribution in [3.63, 3.8) is 0 Å². The van der Waals surface area contributed by atoms with Gasteiger partial charge >= 0.3 is 6.18 Å². The molecule has 1 aliphatic heterocycles. The normalized spacial score (nSPS) is 20.6. The van der Waals surface area contributed by atoms with Gasteiger partial charge in [-0.3, -0.25) is 5.32 Å². The monoisotopic (exact) mass is 219 g/mol. The van der Waals surface area contributed by atoms with Crippen LogP contribution in [0.5, 0.6) is 0 Å². The number of rotatable bonds is 0. The van der Waals surface area contributed by atoms with Gasteiger partial charge in [0.25, 0.3) is 0 Å². The Hall–Kier alpha value is -1.07. The standard InChI is InChI=1S/C6H6.C4H6F3NO/c1-2-4-6-5-3-1;5-4(6,7)3-8-1-2-9-3/h1-6H;3,8H,1-2H2. The van der Waals surface area contributed by atoms with Crippen LogP contribution in [0, 0.1) is 0 Å². The molecule has 2 rings (SSSR count). The maximum atomic E-state index is 11.6. The summed E-state index contributed by atoms with van der Waals surface area (Å²) in [5.74, 6) is 0. The Morgan fingerprint density at radius 2 is 1.47 bits per heavy atom. The molecule has 0 spiro atoms. The molecule has 0 aliphatic carbocycles.